The molecule has 0 radical (unpaired) electrons. The zero-order valence-electron chi connectivity index (χ0n) is 14.6. The smallest absolute Gasteiger partial charge is 0.241 e. The lowest BCUT2D eigenvalue weighted by Crippen LogP contribution is -2.34. The Bertz CT molecular complexity index is 917. The van der Waals surface area contributed by atoms with E-state index in [1.54, 1.807) is 17.2 Å². The number of hydrogen-bond acceptors (Lipinski definition) is 5. The second-order valence-electron chi connectivity index (χ2n) is 6.96. The van der Waals surface area contributed by atoms with E-state index in [2.05, 4.69) is 20.6 Å². The molecule has 1 fully saturated rings. The van der Waals surface area contributed by atoms with Crippen LogP contribution >= 0.6 is 0 Å². The third kappa shape index (κ3) is 3.20. The van der Waals surface area contributed by atoms with Crippen molar-refractivity contribution in [3.8, 4) is 0 Å². The van der Waals surface area contributed by atoms with E-state index >= 15 is 0 Å². The molecule has 1 amide bonds. The quantitative estimate of drug-likeness (QED) is 0.707. The van der Waals surface area contributed by atoms with Gasteiger partial charge < -0.3 is 15.0 Å². The van der Waals surface area contributed by atoms with Gasteiger partial charge in [-0.15, -0.1) is 10.2 Å². The highest BCUT2D eigenvalue weighted by molar-refractivity contribution is 5.81. The number of aliphatic hydroxyl groups is 1. The Morgan fingerprint density at radius 1 is 1.35 bits per heavy atom. The summed E-state index contributed by atoms with van der Waals surface area (Å²) in [4.78, 5) is 12.3. The number of aromatic nitrogens is 5. The summed E-state index contributed by atoms with van der Waals surface area (Å²) in [5, 5.41) is 26.6. The van der Waals surface area contributed by atoms with Crippen molar-refractivity contribution in [1.82, 2.24) is 29.9 Å². The number of amides is 1. The number of aryl methyl sites for hydroxylation is 1. The highest BCUT2D eigenvalue weighted by Crippen LogP contribution is 2.37. The van der Waals surface area contributed by atoms with Crippen molar-refractivity contribution in [3.63, 3.8) is 0 Å². The highest BCUT2D eigenvalue weighted by atomic mass is 16.3. The van der Waals surface area contributed by atoms with Crippen molar-refractivity contribution in [2.75, 3.05) is 6.54 Å². The van der Waals surface area contributed by atoms with Crippen LogP contribution in [-0.2, 0) is 18.4 Å². The van der Waals surface area contributed by atoms with Gasteiger partial charge in [0.15, 0.2) is 0 Å². The van der Waals surface area contributed by atoms with Gasteiger partial charge in [-0.25, -0.2) is 0 Å². The summed E-state index contributed by atoms with van der Waals surface area (Å²) in [6.45, 7) is 0.622. The molecule has 2 aromatic heterocycles. The van der Waals surface area contributed by atoms with E-state index in [0.29, 0.717) is 13.0 Å². The van der Waals surface area contributed by atoms with Gasteiger partial charge in [-0.2, -0.15) is 5.10 Å². The van der Waals surface area contributed by atoms with E-state index in [1.807, 2.05) is 35.9 Å². The fraction of sp³-hybridized carbons (Fsp3) is 0.444. The molecule has 1 saturated carbocycles. The van der Waals surface area contributed by atoms with Gasteiger partial charge in [-0.3, -0.25) is 9.48 Å². The minimum atomic E-state index is -0.442. The maximum Gasteiger partial charge on any atom is 0.241 e. The largest absolute Gasteiger partial charge is 0.393 e. The van der Waals surface area contributed by atoms with Crippen molar-refractivity contribution in [2.24, 2.45) is 13.0 Å². The van der Waals surface area contributed by atoms with Crippen LogP contribution in [0.15, 0.2) is 36.8 Å². The Balaban J connectivity index is 1.34. The summed E-state index contributed by atoms with van der Waals surface area (Å²) >= 11 is 0. The Hall–Kier alpha value is -2.74. The topological polar surface area (TPSA) is 97.9 Å². The van der Waals surface area contributed by atoms with Crippen molar-refractivity contribution < 1.29 is 9.90 Å². The number of aliphatic hydroxyl groups excluding tert-OH is 1. The first-order valence-corrected chi connectivity index (χ1v) is 8.81. The molecule has 0 unspecified atom stereocenters. The molecular formula is C18H22N6O2. The first-order chi connectivity index (χ1) is 12.6. The van der Waals surface area contributed by atoms with Gasteiger partial charge in [-0.05, 0) is 18.9 Å². The van der Waals surface area contributed by atoms with Crippen LogP contribution in [0.1, 0.15) is 24.6 Å². The first kappa shape index (κ1) is 16.7. The van der Waals surface area contributed by atoms with E-state index in [1.165, 1.54) is 0 Å². The molecule has 3 aromatic rings. The number of hydrogen-bond donors (Lipinski definition) is 2. The predicted molar refractivity (Wildman–Crippen MR) is 95.2 cm³/mol. The third-order valence-corrected chi connectivity index (χ3v) is 5.17. The normalized spacial score (nSPS) is 22.8. The zero-order valence-corrected chi connectivity index (χ0v) is 14.6. The molecule has 8 heteroatoms. The Labute approximate surface area is 150 Å². The molecule has 26 heavy (non-hydrogen) atoms. The Morgan fingerprint density at radius 3 is 3.00 bits per heavy atom. The van der Waals surface area contributed by atoms with Crippen LogP contribution in [0.2, 0.25) is 0 Å². The average molecular weight is 354 g/mol. The fourth-order valence-corrected chi connectivity index (χ4v) is 3.78. The second kappa shape index (κ2) is 6.87. The minimum Gasteiger partial charge on any atom is -0.393 e. The number of nitrogens with one attached hydrogen (secondary N) is 1. The van der Waals surface area contributed by atoms with Gasteiger partial charge in [0.25, 0.3) is 0 Å². The summed E-state index contributed by atoms with van der Waals surface area (Å²) in [7, 11) is 1.91. The van der Waals surface area contributed by atoms with E-state index in [4.69, 9.17) is 0 Å². The third-order valence-electron chi connectivity index (χ3n) is 5.17. The number of benzene rings is 1. The monoisotopic (exact) mass is 354 g/mol. The molecule has 0 spiro atoms. The van der Waals surface area contributed by atoms with E-state index in [0.717, 1.165) is 23.1 Å². The lowest BCUT2D eigenvalue weighted by atomic mass is 10.0. The lowest BCUT2D eigenvalue weighted by molar-refractivity contribution is -0.122. The predicted octanol–water partition coefficient (Wildman–Crippen LogP) is 0.836. The summed E-state index contributed by atoms with van der Waals surface area (Å²) in [6.07, 6.45) is 4.43. The van der Waals surface area contributed by atoms with Crippen LogP contribution in [0.5, 0.6) is 0 Å². The van der Waals surface area contributed by atoms with E-state index in [-0.39, 0.29) is 24.3 Å². The van der Waals surface area contributed by atoms with Gasteiger partial charge in [0.05, 0.1) is 17.8 Å². The molecule has 0 aliphatic heterocycles. The molecule has 1 aromatic carbocycles. The van der Waals surface area contributed by atoms with Crippen molar-refractivity contribution in [1.29, 1.82) is 0 Å². The van der Waals surface area contributed by atoms with Crippen LogP contribution in [0, 0.1) is 5.92 Å². The molecule has 2 heterocycles. The first-order valence-electron chi connectivity index (χ1n) is 8.81. The molecular weight excluding hydrogens is 332 g/mol. The summed E-state index contributed by atoms with van der Waals surface area (Å²) < 4.78 is 3.58. The molecule has 3 atom stereocenters. The Morgan fingerprint density at radius 2 is 2.19 bits per heavy atom. The molecule has 1 aliphatic carbocycles. The maximum atomic E-state index is 12.3. The van der Waals surface area contributed by atoms with Crippen molar-refractivity contribution in [2.45, 2.75) is 31.4 Å². The Kier molecular flexibility index (Phi) is 4.42. The molecule has 8 nitrogen and oxygen atoms in total. The lowest BCUT2D eigenvalue weighted by Gasteiger charge is -2.15. The number of para-hydroxylation sites is 1. The van der Waals surface area contributed by atoms with Gasteiger partial charge in [0.2, 0.25) is 5.91 Å². The molecule has 4 rings (SSSR count). The molecule has 1 aliphatic rings. The van der Waals surface area contributed by atoms with Crippen LogP contribution < -0.4 is 5.32 Å². The number of carbonyl (C=O) groups is 1. The molecule has 136 valence electrons. The molecule has 0 bridgehead atoms. The highest BCUT2D eigenvalue weighted by Gasteiger charge is 2.35. The maximum absolute atomic E-state index is 12.3. The van der Waals surface area contributed by atoms with Gasteiger partial charge in [-0.1, -0.05) is 18.2 Å². The van der Waals surface area contributed by atoms with E-state index < -0.39 is 6.10 Å². The summed E-state index contributed by atoms with van der Waals surface area (Å²) in [6, 6.07) is 7.80. The van der Waals surface area contributed by atoms with Crippen LogP contribution in [-0.4, -0.2) is 48.2 Å². The van der Waals surface area contributed by atoms with Gasteiger partial charge in [0, 0.05) is 30.8 Å². The van der Waals surface area contributed by atoms with Crippen LogP contribution in [0.3, 0.4) is 0 Å². The number of fused-ring (bicyclic) bond motifs is 1. The number of rotatable bonds is 5. The minimum absolute atomic E-state index is 0.0232. The van der Waals surface area contributed by atoms with Gasteiger partial charge >= 0.3 is 0 Å². The fourth-order valence-electron chi connectivity index (χ4n) is 3.78. The van der Waals surface area contributed by atoms with Crippen molar-refractivity contribution >= 4 is 16.8 Å². The van der Waals surface area contributed by atoms with Crippen LogP contribution in [0.25, 0.3) is 10.9 Å². The van der Waals surface area contributed by atoms with Gasteiger partial charge in [0.1, 0.15) is 18.7 Å². The average Bonchev–Trinajstić information content (AvgIpc) is 3.33. The summed E-state index contributed by atoms with van der Waals surface area (Å²) in [5.74, 6) is 0.985. The SMILES string of the molecule is Cn1cnnc1[C@H]1C[C@H](CNC(=O)Cn2ncc3ccccc32)[C@H](O)C1. The second-order valence-corrected chi connectivity index (χ2v) is 6.96. The van der Waals surface area contributed by atoms with Crippen LogP contribution in [0.4, 0.5) is 0 Å². The number of nitrogens with zero attached hydrogens (tertiary/aromatic N) is 5. The standard InChI is InChI=1S/C18H22N6O2/c1-23-11-20-22-18(23)13-6-14(16(25)7-13)8-19-17(26)10-24-15-5-3-2-4-12(15)9-21-24/h2-5,9,11,13-14,16,25H,6-8,10H2,1H3,(H,19,26)/t13-,14+,16+/m0/s1. The van der Waals surface area contributed by atoms with E-state index in [9.17, 15) is 9.90 Å². The molecule has 0 saturated heterocycles. The summed E-state index contributed by atoms with van der Waals surface area (Å²) in [5.41, 5.74) is 0.936. The zero-order chi connectivity index (χ0) is 18.1. The number of carbonyl (C=O) groups excluding carboxylic acids is 1. The van der Waals surface area contributed by atoms with Crippen molar-refractivity contribution in [3.05, 3.63) is 42.6 Å². The molecule has 2 N–H and O–H groups in total.